The van der Waals surface area contributed by atoms with Crippen LogP contribution in [0, 0.1) is 5.92 Å². The van der Waals surface area contributed by atoms with Crippen molar-refractivity contribution in [3.05, 3.63) is 71.8 Å². The van der Waals surface area contributed by atoms with Crippen molar-refractivity contribution in [1.29, 1.82) is 0 Å². The number of benzene rings is 2. The standard InChI is InChI=1S/C40H58N2O5/c1-3-5-6-7-8-9-10-11-12-19-26-34(39(44)46-4-2)41-35(28-31-21-15-13-16-22-31)38(43)42-36-27-20-25-33(36)29-37(42)40(45)47-30-32-23-17-14-18-24-32/h13-18,21-24,33-37,41H,3-12,19-20,25-30H2,1-2H3/t33-,34?,35?,36-,37-/m0/s1. The number of nitrogens with zero attached hydrogens (tertiary/aromatic N) is 1. The molecular weight excluding hydrogens is 588 g/mol. The molecule has 1 saturated carbocycles. The van der Waals surface area contributed by atoms with Crippen molar-refractivity contribution in [2.45, 2.75) is 147 Å². The van der Waals surface area contributed by atoms with Gasteiger partial charge >= 0.3 is 11.9 Å². The number of likely N-dealkylation sites (tertiary alicyclic amines) is 1. The van der Waals surface area contributed by atoms with Crippen molar-refractivity contribution in [3.63, 3.8) is 0 Å². The first-order valence-electron chi connectivity index (χ1n) is 18.5. The van der Waals surface area contributed by atoms with Crippen LogP contribution in [0.2, 0.25) is 0 Å². The minimum Gasteiger partial charge on any atom is -0.465 e. The van der Waals surface area contributed by atoms with Gasteiger partial charge in [-0.1, -0.05) is 138 Å². The maximum Gasteiger partial charge on any atom is 0.329 e. The van der Waals surface area contributed by atoms with Gasteiger partial charge in [-0.25, -0.2) is 4.79 Å². The van der Waals surface area contributed by atoms with Crippen LogP contribution in [0.5, 0.6) is 0 Å². The van der Waals surface area contributed by atoms with E-state index in [1.807, 2.05) is 72.5 Å². The lowest BCUT2D eigenvalue weighted by molar-refractivity contribution is -0.157. The number of nitrogens with one attached hydrogen (secondary N) is 1. The van der Waals surface area contributed by atoms with Crippen molar-refractivity contribution < 1.29 is 23.9 Å². The van der Waals surface area contributed by atoms with Gasteiger partial charge in [0.1, 0.15) is 18.7 Å². The van der Waals surface area contributed by atoms with Crippen LogP contribution in [0.4, 0.5) is 0 Å². The lowest BCUT2D eigenvalue weighted by atomic mass is 10.00. The van der Waals surface area contributed by atoms with Crippen LogP contribution in [0.1, 0.15) is 121 Å². The van der Waals surface area contributed by atoms with Crippen molar-refractivity contribution in [3.8, 4) is 0 Å². The van der Waals surface area contributed by atoms with Crippen molar-refractivity contribution in [2.75, 3.05) is 6.61 Å². The maximum absolute atomic E-state index is 14.6. The van der Waals surface area contributed by atoms with Gasteiger partial charge in [0, 0.05) is 6.04 Å². The van der Waals surface area contributed by atoms with Gasteiger partial charge in [0.2, 0.25) is 5.91 Å². The summed E-state index contributed by atoms with van der Waals surface area (Å²) in [6.45, 7) is 4.54. The Morgan fingerprint density at radius 3 is 2.02 bits per heavy atom. The van der Waals surface area contributed by atoms with Gasteiger partial charge in [0.05, 0.1) is 12.6 Å². The molecule has 0 spiro atoms. The number of carbonyl (C=O) groups is 3. The summed E-state index contributed by atoms with van der Waals surface area (Å²) >= 11 is 0. The zero-order chi connectivity index (χ0) is 33.3. The van der Waals surface area contributed by atoms with Crippen molar-refractivity contribution in [1.82, 2.24) is 10.2 Å². The quantitative estimate of drug-likeness (QED) is 0.110. The normalized spacial score (nSPS) is 20.0. The highest BCUT2D eigenvalue weighted by Crippen LogP contribution is 2.42. The Morgan fingerprint density at radius 1 is 0.766 bits per heavy atom. The monoisotopic (exact) mass is 646 g/mol. The smallest absolute Gasteiger partial charge is 0.329 e. The van der Waals surface area contributed by atoms with Gasteiger partial charge in [-0.2, -0.15) is 0 Å². The minimum absolute atomic E-state index is 0.0138. The second-order valence-electron chi connectivity index (χ2n) is 13.5. The molecule has 7 nitrogen and oxygen atoms in total. The summed E-state index contributed by atoms with van der Waals surface area (Å²) in [5, 5.41) is 3.47. The summed E-state index contributed by atoms with van der Waals surface area (Å²) in [6.07, 6.45) is 16.7. The predicted octanol–water partition coefficient (Wildman–Crippen LogP) is 7.94. The predicted molar refractivity (Wildman–Crippen MR) is 187 cm³/mol. The number of hydrogen-bond acceptors (Lipinski definition) is 6. The fraction of sp³-hybridized carbons (Fsp3) is 0.625. The van der Waals surface area contributed by atoms with E-state index >= 15 is 0 Å². The van der Waals surface area contributed by atoms with E-state index in [0.29, 0.717) is 19.3 Å². The average Bonchev–Trinajstić information content (AvgIpc) is 3.70. The fourth-order valence-corrected chi connectivity index (χ4v) is 7.48. The molecule has 4 rings (SSSR count). The number of esters is 2. The van der Waals surface area contributed by atoms with Gasteiger partial charge in [-0.05, 0) is 56.1 Å². The number of ether oxygens (including phenoxy) is 2. The third kappa shape index (κ3) is 11.5. The largest absolute Gasteiger partial charge is 0.465 e. The summed E-state index contributed by atoms with van der Waals surface area (Å²) in [7, 11) is 0. The first-order valence-corrected chi connectivity index (χ1v) is 18.5. The number of carbonyl (C=O) groups excluding carboxylic acids is 3. The van der Waals surface area contributed by atoms with Gasteiger partial charge < -0.3 is 14.4 Å². The van der Waals surface area contributed by atoms with Crippen LogP contribution < -0.4 is 5.32 Å². The number of amides is 1. The average molecular weight is 647 g/mol. The molecule has 1 heterocycles. The molecule has 2 unspecified atom stereocenters. The Kier molecular flexibility index (Phi) is 15.8. The summed E-state index contributed by atoms with van der Waals surface area (Å²) in [6, 6.07) is 17.7. The highest BCUT2D eigenvalue weighted by molar-refractivity contribution is 5.89. The summed E-state index contributed by atoms with van der Waals surface area (Å²) < 4.78 is 11.3. The zero-order valence-corrected chi connectivity index (χ0v) is 28.9. The summed E-state index contributed by atoms with van der Waals surface area (Å²) in [5.74, 6) is -0.490. The Hall–Kier alpha value is -3.19. The second-order valence-corrected chi connectivity index (χ2v) is 13.5. The van der Waals surface area contributed by atoms with Crippen LogP contribution in [-0.2, 0) is 36.9 Å². The lowest BCUT2D eigenvalue weighted by Crippen LogP contribution is -2.57. The zero-order valence-electron chi connectivity index (χ0n) is 28.9. The van der Waals surface area contributed by atoms with Crippen LogP contribution >= 0.6 is 0 Å². The van der Waals surface area contributed by atoms with Gasteiger partial charge in [0.15, 0.2) is 0 Å². The van der Waals surface area contributed by atoms with Crippen LogP contribution in [0.3, 0.4) is 0 Å². The molecule has 1 N–H and O–H groups in total. The molecular formula is C40H58N2O5. The third-order valence-electron chi connectivity index (χ3n) is 9.99. The number of rotatable bonds is 21. The molecule has 258 valence electrons. The van der Waals surface area contributed by atoms with E-state index in [0.717, 1.165) is 49.7 Å². The minimum atomic E-state index is -0.668. The first kappa shape index (κ1) is 36.6. The topological polar surface area (TPSA) is 84.9 Å². The molecule has 1 aliphatic carbocycles. The molecule has 0 aromatic heterocycles. The Morgan fingerprint density at radius 2 is 1.38 bits per heavy atom. The van der Waals surface area contributed by atoms with Gasteiger partial charge in [-0.3, -0.25) is 14.9 Å². The molecule has 7 heteroatoms. The van der Waals surface area contributed by atoms with Crippen LogP contribution in [-0.4, -0.2) is 53.5 Å². The molecule has 1 saturated heterocycles. The van der Waals surface area contributed by atoms with Crippen molar-refractivity contribution in [2.24, 2.45) is 5.92 Å². The van der Waals surface area contributed by atoms with Crippen LogP contribution in [0.15, 0.2) is 60.7 Å². The molecule has 2 aromatic carbocycles. The molecule has 2 fully saturated rings. The number of fused-ring (bicyclic) bond motifs is 1. The Labute approximate surface area is 283 Å². The molecule has 0 radical (unpaired) electrons. The van der Waals surface area contributed by atoms with E-state index in [1.54, 1.807) is 0 Å². The highest BCUT2D eigenvalue weighted by atomic mass is 16.5. The highest BCUT2D eigenvalue weighted by Gasteiger charge is 2.50. The van der Waals surface area contributed by atoms with E-state index in [9.17, 15) is 14.4 Å². The van der Waals surface area contributed by atoms with E-state index in [4.69, 9.17) is 9.47 Å². The summed E-state index contributed by atoms with van der Waals surface area (Å²) in [5.41, 5.74) is 1.93. The molecule has 1 aliphatic heterocycles. The molecule has 2 aliphatic rings. The molecule has 47 heavy (non-hydrogen) atoms. The van der Waals surface area contributed by atoms with Gasteiger partial charge in [-0.15, -0.1) is 0 Å². The Balaban J connectivity index is 1.44. The van der Waals surface area contributed by atoms with E-state index < -0.39 is 18.1 Å². The lowest BCUT2D eigenvalue weighted by Gasteiger charge is -2.34. The third-order valence-corrected chi connectivity index (χ3v) is 9.99. The van der Waals surface area contributed by atoms with E-state index in [1.165, 1.54) is 44.9 Å². The summed E-state index contributed by atoms with van der Waals surface area (Å²) in [4.78, 5) is 43.3. The van der Waals surface area contributed by atoms with E-state index in [-0.39, 0.29) is 43.0 Å². The molecule has 0 bridgehead atoms. The van der Waals surface area contributed by atoms with Gasteiger partial charge in [0.25, 0.3) is 0 Å². The number of unbranched alkanes of at least 4 members (excludes halogenated alkanes) is 9. The first-order chi connectivity index (χ1) is 23.0. The molecule has 2 aromatic rings. The fourth-order valence-electron chi connectivity index (χ4n) is 7.48. The Bertz CT molecular complexity index is 1210. The number of hydrogen-bond donors (Lipinski definition) is 1. The van der Waals surface area contributed by atoms with E-state index in [2.05, 4.69) is 12.2 Å². The second kappa shape index (κ2) is 20.2. The maximum atomic E-state index is 14.6. The SMILES string of the molecule is CCCCCCCCCCCCC(NC(Cc1ccccc1)C(=O)N1[C@H](C(=O)OCc2ccccc2)C[C@@H]2CCC[C@@H]21)C(=O)OCC. The molecule has 5 atom stereocenters. The van der Waals surface area contributed by atoms with Crippen molar-refractivity contribution >= 4 is 17.8 Å². The molecule has 1 amide bonds. The van der Waals surface area contributed by atoms with Crippen LogP contribution in [0.25, 0.3) is 0 Å².